The number of hydrogen-bond acceptors (Lipinski definition) is 7. The van der Waals surface area contributed by atoms with Gasteiger partial charge in [-0.25, -0.2) is 4.79 Å². The number of primary amides is 1. The van der Waals surface area contributed by atoms with Gasteiger partial charge in [-0.15, -0.1) is 0 Å². The Kier molecular flexibility index (Phi) is 14.7. The largest absolute Gasteiger partial charge is 0.480 e. The van der Waals surface area contributed by atoms with E-state index in [0.29, 0.717) is 12.0 Å². The molecule has 14 nitrogen and oxygen atoms in total. The molecule has 4 unspecified atom stereocenters. The Morgan fingerprint density at radius 1 is 0.850 bits per heavy atom. The summed E-state index contributed by atoms with van der Waals surface area (Å²) in [7, 11) is 0. The normalized spacial score (nSPS) is 13.8. The van der Waals surface area contributed by atoms with Gasteiger partial charge >= 0.3 is 5.97 Å². The van der Waals surface area contributed by atoms with E-state index < -0.39 is 53.8 Å². The smallest absolute Gasteiger partial charge is 0.326 e. The predicted molar refractivity (Wildman–Crippen MR) is 149 cm³/mol. The highest BCUT2D eigenvalue weighted by molar-refractivity contribution is 5.94. The summed E-state index contributed by atoms with van der Waals surface area (Å²) in [5.41, 5.74) is 22.4. The van der Waals surface area contributed by atoms with Gasteiger partial charge in [0.15, 0.2) is 5.96 Å². The van der Waals surface area contributed by atoms with Gasteiger partial charge in [-0.05, 0) is 37.2 Å². The Morgan fingerprint density at radius 3 is 1.98 bits per heavy atom. The van der Waals surface area contributed by atoms with Gasteiger partial charge in [-0.3, -0.25) is 24.2 Å². The molecule has 0 bridgehead atoms. The number of guanidine groups is 1. The molecule has 1 aromatic rings. The van der Waals surface area contributed by atoms with Gasteiger partial charge in [0, 0.05) is 19.4 Å². The topological polar surface area (TPSA) is 258 Å². The number of nitrogens with one attached hydrogen (secondary N) is 3. The first-order valence-electron chi connectivity index (χ1n) is 13.1. The van der Waals surface area contributed by atoms with Crippen molar-refractivity contribution in [3.8, 4) is 0 Å². The third-order valence-electron chi connectivity index (χ3n) is 5.85. The Bertz CT molecular complexity index is 1030. The molecule has 0 aliphatic carbocycles. The standard InChI is InChI=1S/C26H42N8O6/c1-15(2)13-19(24(38)34-20(25(39)40)14-16-7-4-3-5-8-16)33-23(37)18(10-11-21(28)35)32-22(36)17(27)9-6-12-31-26(29)30/h3-5,7-8,15,17-20H,6,9-14,27H2,1-2H3,(H2,28,35)(H,32,36)(H,33,37)(H,34,38)(H,39,40)(H4,29,30,31). The van der Waals surface area contributed by atoms with Crippen LogP contribution in [0, 0.1) is 5.92 Å². The van der Waals surface area contributed by atoms with Crippen LogP contribution < -0.4 is 38.9 Å². The van der Waals surface area contributed by atoms with Crippen LogP contribution in [0.2, 0.25) is 0 Å². The number of aliphatic carboxylic acids is 1. The first kappa shape index (κ1) is 33.8. The molecule has 0 aromatic heterocycles. The summed E-state index contributed by atoms with van der Waals surface area (Å²) in [6.07, 6.45) is 0.531. The van der Waals surface area contributed by atoms with Crippen LogP contribution in [0.1, 0.15) is 51.5 Å². The van der Waals surface area contributed by atoms with Gasteiger partial charge < -0.3 is 44.0 Å². The Balaban J connectivity index is 2.97. The van der Waals surface area contributed by atoms with E-state index in [1.54, 1.807) is 30.3 Å². The van der Waals surface area contributed by atoms with Crippen molar-refractivity contribution >= 4 is 35.6 Å². The monoisotopic (exact) mass is 562 g/mol. The molecule has 4 atom stereocenters. The van der Waals surface area contributed by atoms with Gasteiger partial charge in [0.1, 0.15) is 18.1 Å². The van der Waals surface area contributed by atoms with Crippen molar-refractivity contribution in [2.75, 3.05) is 6.54 Å². The second-order valence-electron chi connectivity index (χ2n) is 9.90. The van der Waals surface area contributed by atoms with Crippen LogP contribution in [0.5, 0.6) is 0 Å². The lowest BCUT2D eigenvalue weighted by atomic mass is 10.0. The molecule has 1 rings (SSSR count). The molecule has 0 aliphatic heterocycles. The van der Waals surface area contributed by atoms with Gasteiger partial charge in [-0.1, -0.05) is 44.2 Å². The lowest BCUT2D eigenvalue weighted by molar-refractivity contribution is -0.142. The number of benzene rings is 1. The van der Waals surface area contributed by atoms with Crippen LogP contribution in [-0.4, -0.2) is 71.4 Å². The highest BCUT2D eigenvalue weighted by Crippen LogP contribution is 2.09. The first-order chi connectivity index (χ1) is 18.8. The number of carboxylic acid groups (broad SMARTS) is 1. The van der Waals surface area contributed by atoms with Gasteiger partial charge in [0.05, 0.1) is 6.04 Å². The Labute approximate surface area is 233 Å². The van der Waals surface area contributed by atoms with Crippen LogP contribution in [-0.2, 0) is 30.4 Å². The fraction of sp³-hybridized carbons (Fsp3) is 0.538. The summed E-state index contributed by atoms with van der Waals surface area (Å²) >= 11 is 0. The van der Waals surface area contributed by atoms with Gasteiger partial charge in [0.2, 0.25) is 23.6 Å². The second kappa shape index (κ2) is 17.4. The maximum Gasteiger partial charge on any atom is 0.326 e. The molecule has 0 radical (unpaired) electrons. The van der Waals surface area contributed by atoms with Gasteiger partial charge in [-0.2, -0.15) is 0 Å². The zero-order valence-corrected chi connectivity index (χ0v) is 23.0. The number of nitrogens with zero attached hydrogens (tertiary/aromatic N) is 1. The van der Waals surface area contributed by atoms with Crippen molar-refractivity contribution in [3.63, 3.8) is 0 Å². The van der Waals surface area contributed by atoms with Crippen molar-refractivity contribution in [2.24, 2.45) is 33.8 Å². The van der Waals surface area contributed by atoms with Crippen LogP contribution in [0.4, 0.5) is 0 Å². The molecule has 222 valence electrons. The first-order valence-corrected chi connectivity index (χ1v) is 13.1. The minimum atomic E-state index is -1.23. The molecule has 0 spiro atoms. The van der Waals surface area contributed by atoms with Crippen LogP contribution in [0.25, 0.3) is 0 Å². The third kappa shape index (κ3) is 13.6. The predicted octanol–water partition coefficient (Wildman–Crippen LogP) is -1.54. The maximum absolute atomic E-state index is 13.2. The molecular formula is C26H42N8O6. The summed E-state index contributed by atoms with van der Waals surface area (Å²) in [5.74, 6) is -4.13. The van der Waals surface area contributed by atoms with Crippen LogP contribution >= 0.6 is 0 Å². The summed E-state index contributed by atoms with van der Waals surface area (Å²) in [6.45, 7) is 3.93. The molecular weight excluding hydrogens is 520 g/mol. The lowest BCUT2D eigenvalue weighted by Crippen LogP contribution is -2.57. The number of amides is 4. The lowest BCUT2D eigenvalue weighted by Gasteiger charge is -2.26. The van der Waals surface area contributed by atoms with Gasteiger partial charge in [0.25, 0.3) is 0 Å². The number of carbonyl (C=O) groups excluding carboxylic acids is 4. The minimum Gasteiger partial charge on any atom is -0.480 e. The quantitative estimate of drug-likeness (QED) is 0.0585. The van der Waals surface area contributed by atoms with E-state index in [-0.39, 0.29) is 50.5 Å². The highest BCUT2D eigenvalue weighted by atomic mass is 16.4. The molecule has 1 aromatic carbocycles. The summed E-state index contributed by atoms with van der Waals surface area (Å²) in [6, 6.07) is 4.25. The van der Waals surface area contributed by atoms with Crippen molar-refractivity contribution in [1.29, 1.82) is 0 Å². The molecule has 12 N–H and O–H groups in total. The number of carbonyl (C=O) groups is 5. The van der Waals surface area contributed by atoms with Crippen molar-refractivity contribution in [2.45, 2.75) is 76.5 Å². The molecule has 0 aliphatic rings. The molecule has 0 saturated heterocycles. The van der Waals surface area contributed by atoms with E-state index in [0.717, 1.165) is 0 Å². The number of nitrogens with two attached hydrogens (primary N) is 4. The number of rotatable bonds is 18. The molecule has 40 heavy (non-hydrogen) atoms. The van der Waals surface area contributed by atoms with E-state index in [9.17, 15) is 29.1 Å². The zero-order chi connectivity index (χ0) is 30.2. The average molecular weight is 563 g/mol. The second-order valence-corrected chi connectivity index (χ2v) is 9.90. The van der Waals surface area contributed by atoms with E-state index in [1.165, 1.54) is 0 Å². The molecule has 0 fully saturated rings. The summed E-state index contributed by atoms with van der Waals surface area (Å²) < 4.78 is 0. The Morgan fingerprint density at radius 2 is 1.43 bits per heavy atom. The van der Waals surface area contributed by atoms with E-state index >= 15 is 0 Å². The molecule has 4 amide bonds. The minimum absolute atomic E-state index is 0.0443. The van der Waals surface area contributed by atoms with Crippen molar-refractivity contribution < 1.29 is 29.1 Å². The van der Waals surface area contributed by atoms with Crippen LogP contribution in [0.15, 0.2) is 35.3 Å². The number of hydrogen-bond donors (Lipinski definition) is 8. The van der Waals surface area contributed by atoms with E-state index in [2.05, 4.69) is 20.9 Å². The average Bonchev–Trinajstić information content (AvgIpc) is 2.87. The van der Waals surface area contributed by atoms with E-state index in [1.807, 2.05) is 13.8 Å². The third-order valence-corrected chi connectivity index (χ3v) is 5.85. The van der Waals surface area contributed by atoms with E-state index in [4.69, 9.17) is 22.9 Å². The van der Waals surface area contributed by atoms with Crippen molar-refractivity contribution in [1.82, 2.24) is 16.0 Å². The summed E-state index contributed by atoms with van der Waals surface area (Å²) in [4.78, 5) is 66.0. The molecule has 14 heteroatoms. The fourth-order valence-electron chi connectivity index (χ4n) is 3.78. The fourth-order valence-corrected chi connectivity index (χ4v) is 3.78. The number of carboxylic acids is 1. The molecule has 0 saturated carbocycles. The summed E-state index contributed by atoms with van der Waals surface area (Å²) in [5, 5.41) is 17.3. The maximum atomic E-state index is 13.2. The highest BCUT2D eigenvalue weighted by Gasteiger charge is 2.31. The zero-order valence-electron chi connectivity index (χ0n) is 23.0. The van der Waals surface area contributed by atoms with Crippen molar-refractivity contribution in [3.05, 3.63) is 35.9 Å². The molecule has 0 heterocycles. The number of aliphatic imine (C=N–C) groups is 1. The SMILES string of the molecule is CC(C)CC(NC(=O)C(CCC(N)=O)NC(=O)C(N)CCCN=C(N)N)C(=O)NC(Cc1ccccc1)C(=O)O. The Hall–Kier alpha value is -4.20. The van der Waals surface area contributed by atoms with Crippen LogP contribution in [0.3, 0.4) is 0 Å².